The third-order valence-corrected chi connectivity index (χ3v) is 2.04. The normalized spacial score (nSPS) is 10.1. The molecule has 0 saturated carbocycles. The molecule has 60 valence electrons. The molecular weight excluding hydrogens is 134 g/mol. The topological polar surface area (TPSA) is 26.0 Å². The Bertz CT molecular complexity index is 220. The molecule has 0 aromatic heterocycles. The molecule has 11 heavy (non-hydrogen) atoms. The van der Waals surface area contributed by atoms with E-state index in [1.165, 1.54) is 16.7 Å². The summed E-state index contributed by atoms with van der Waals surface area (Å²) in [6, 6.07) is 6.36. The molecule has 0 spiro atoms. The Balaban J connectivity index is 3.00. The molecule has 0 radical (unpaired) electrons. The molecule has 0 bridgehead atoms. The smallest absolute Gasteiger partial charge is 0.00365 e. The van der Waals surface area contributed by atoms with Crippen LogP contribution in [0.15, 0.2) is 18.2 Å². The highest BCUT2D eigenvalue weighted by Gasteiger charge is 1.98. The second-order valence-electron chi connectivity index (χ2n) is 2.91. The van der Waals surface area contributed by atoms with Crippen molar-refractivity contribution in [2.24, 2.45) is 5.73 Å². The minimum Gasteiger partial charge on any atom is -0.330 e. The molecule has 0 saturated heterocycles. The number of benzene rings is 1. The van der Waals surface area contributed by atoms with Crippen molar-refractivity contribution in [2.75, 3.05) is 6.54 Å². The summed E-state index contributed by atoms with van der Waals surface area (Å²) in [6.45, 7) is 5.02. The Morgan fingerprint density at radius 2 is 1.73 bits per heavy atom. The lowest BCUT2D eigenvalue weighted by atomic mass is 10.0. The minimum atomic E-state index is 0.742. The third-order valence-electron chi connectivity index (χ3n) is 2.04. The molecule has 0 aliphatic heterocycles. The Labute approximate surface area is 68.2 Å². The molecule has 1 aromatic rings. The molecular formula is C10H15N. The van der Waals surface area contributed by atoms with Crippen LogP contribution in [0.5, 0.6) is 0 Å². The van der Waals surface area contributed by atoms with Crippen molar-refractivity contribution >= 4 is 0 Å². The number of aryl methyl sites for hydroxylation is 2. The summed E-state index contributed by atoms with van der Waals surface area (Å²) in [4.78, 5) is 0. The molecule has 0 atom stereocenters. The van der Waals surface area contributed by atoms with Crippen LogP contribution in [0.2, 0.25) is 0 Å². The van der Waals surface area contributed by atoms with Crippen LogP contribution in [0.1, 0.15) is 16.7 Å². The first kappa shape index (κ1) is 8.28. The van der Waals surface area contributed by atoms with E-state index in [9.17, 15) is 0 Å². The fraction of sp³-hybridized carbons (Fsp3) is 0.400. The zero-order valence-electron chi connectivity index (χ0n) is 7.22. The van der Waals surface area contributed by atoms with Gasteiger partial charge in [0.05, 0.1) is 0 Å². The van der Waals surface area contributed by atoms with E-state index >= 15 is 0 Å². The summed E-state index contributed by atoms with van der Waals surface area (Å²) < 4.78 is 0. The van der Waals surface area contributed by atoms with E-state index < -0.39 is 0 Å². The molecule has 1 rings (SSSR count). The van der Waals surface area contributed by atoms with Crippen LogP contribution >= 0.6 is 0 Å². The summed E-state index contributed by atoms with van der Waals surface area (Å²) in [5.41, 5.74) is 9.62. The lowest BCUT2D eigenvalue weighted by Gasteiger charge is -2.06. The van der Waals surface area contributed by atoms with Crippen LogP contribution < -0.4 is 5.73 Å². The first-order chi connectivity index (χ1) is 5.25. The first-order valence-electron chi connectivity index (χ1n) is 4.01. The van der Waals surface area contributed by atoms with Crippen LogP contribution in [0.25, 0.3) is 0 Å². The lowest BCUT2D eigenvalue weighted by molar-refractivity contribution is 0.946. The Kier molecular flexibility index (Phi) is 2.66. The molecule has 0 amide bonds. The molecule has 0 aliphatic rings. The van der Waals surface area contributed by atoms with Crippen molar-refractivity contribution < 1.29 is 0 Å². The molecule has 0 unspecified atom stereocenters. The van der Waals surface area contributed by atoms with Gasteiger partial charge in [0.25, 0.3) is 0 Å². The average molecular weight is 149 g/mol. The molecule has 1 nitrogen and oxygen atoms in total. The van der Waals surface area contributed by atoms with E-state index in [0.717, 1.165) is 13.0 Å². The predicted molar refractivity (Wildman–Crippen MR) is 48.7 cm³/mol. The van der Waals surface area contributed by atoms with Crippen molar-refractivity contribution in [2.45, 2.75) is 20.3 Å². The fourth-order valence-electron chi connectivity index (χ4n) is 1.39. The van der Waals surface area contributed by atoms with Crippen LogP contribution in [0.4, 0.5) is 0 Å². The Morgan fingerprint density at radius 3 is 2.18 bits per heavy atom. The average Bonchev–Trinajstić information content (AvgIpc) is 1.97. The highest BCUT2D eigenvalue weighted by molar-refractivity contribution is 5.33. The molecule has 1 heteroatoms. The van der Waals surface area contributed by atoms with Gasteiger partial charge in [-0.05, 0) is 43.5 Å². The SMILES string of the molecule is Cc1cccc(C)c1CCN. The monoisotopic (exact) mass is 149 g/mol. The summed E-state index contributed by atoms with van der Waals surface area (Å²) in [7, 11) is 0. The Morgan fingerprint density at radius 1 is 1.18 bits per heavy atom. The standard InChI is InChI=1S/C10H15N/c1-8-4-3-5-9(2)10(8)6-7-11/h3-5H,6-7,11H2,1-2H3. The van der Waals surface area contributed by atoms with Crippen LogP contribution in [0.3, 0.4) is 0 Å². The van der Waals surface area contributed by atoms with Crippen molar-refractivity contribution in [3.05, 3.63) is 34.9 Å². The number of nitrogens with two attached hydrogens (primary N) is 1. The first-order valence-corrected chi connectivity index (χ1v) is 4.01. The summed E-state index contributed by atoms with van der Waals surface area (Å²) >= 11 is 0. The van der Waals surface area contributed by atoms with Crippen LogP contribution in [-0.2, 0) is 6.42 Å². The van der Waals surface area contributed by atoms with Gasteiger partial charge in [-0.15, -0.1) is 0 Å². The van der Waals surface area contributed by atoms with Gasteiger partial charge in [0.2, 0.25) is 0 Å². The highest BCUT2D eigenvalue weighted by Crippen LogP contribution is 2.12. The van der Waals surface area contributed by atoms with Crippen molar-refractivity contribution in [3.63, 3.8) is 0 Å². The van der Waals surface area contributed by atoms with Crippen molar-refractivity contribution in [3.8, 4) is 0 Å². The second-order valence-corrected chi connectivity index (χ2v) is 2.91. The van der Waals surface area contributed by atoms with E-state index in [4.69, 9.17) is 5.73 Å². The van der Waals surface area contributed by atoms with E-state index in [-0.39, 0.29) is 0 Å². The number of hydrogen-bond donors (Lipinski definition) is 1. The second kappa shape index (κ2) is 3.54. The quantitative estimate of drug-likeness (QED) is 0.681. The molecule has 1 aromatic carbocycles. The largest absolute Gasteiger partial charge is 0.330 e. The lowest BCUT2D eigenvalue weighted by Crippen LogP contribution is -2.05. The third kappa shape index (κ3) is 1.81. The zero-order valence-corrected chi connectivity index (χ0v) is 7.22. The minimum absolute atomic E-state index is 0.742. The van der Waals surface area contributed by atoms with E-state index in [1.807, 2.05) is 0 Å². The zero-order chi connectivity index (χ0) is 8.27. The van der Waals surface area contributed by atoms with Crippen LogP contribution in [-0.4, -0.2) is 6.54 Å². The van der Waals surface area contributed by atoms with Gasteiger partial charge in [-0.2, -0.15) is 0 Å². The summed E-state index contributed by atoms with van der Waals surface area (Å²) in [5.74, 6) is 0. The predicted octanol–water partition coefficient (Wildman–Crippen LogP) is 1.80. The number of rotatable bonds is 2. The summed E-state index contributed by atoms with van der Waals surface area (Å²) in [6.07, 6.45) is 0.999. The molecule has 0 heterocycles. The van der Waals surface area contributed by atoms with Crippen molar-refractivity contribution in [1.29, 1.82) is 0 Å². The Hall–Kier alpha value is -0.820. The van der Waals surface area contributed by atoms with Gasteiger partial charge in [0.1, 0.15) is 0 Å². The van der Waals surface area contributed by atoms with Gasteiger partial charge >= 0.3 is 0 Å². The maximum atomic E-state index is 5.50. The summed E-state index contributed by atoms with van der Waals surface area (Å²) in [5, 5.41) is 0. The van der Waals surface area contributed by atoms with Gasteiger partial charge in [0, 0.05) is 0 Å². The van der Waals surface area contributed by atoms with Gasteiger partial charge in [-0.1, -0.05) is 18.2 Å². The van der Waals surface area contributed by atoms with E-state index in [1.54, 1.807) is 0 Å². The van der Waals surface area contributed by atoms with E-state index in [2.05, 4.69) is 32.0 Å². The van der Waals surface area contributed by atoms with Gasteiger partial charge in [0.15, 0.2) is 0 Å². The van der Waals surface area contributed by atoms with Crippen molar-refractivity contribution in [1.82, 2.24) is 0 Å². The van der Waals surface area contributed by atoms with Gasteiger partial charge in [-0.3, -0.25) is 0 Å². The highest BCUT2D eigenvalue weighted by atomic mass is 14.5. The van der Waals surface area contributed by atoms with Crippen LogP contribution in [0, 0.1) is 13.8 Å². The van der Waals surface area contributed by atoms with Gasteiger partial charge in [-0.25, -0.2) is 0 Å². The van der Waals surface area contributed by atoms with Gasteiger partial charge < -0.3 is 5.73 Å². The molecule has 0 aliphatic carbocycles. The van der Waals surface area contributed by atoms with E-state index in [0.29, 0.717) is 0 Å². The molecule has 2 N–H and O–H groups in total. The molecule has 0 fully saturated rings. The maximum absolute atomic E-state index is 5.50. The fourth-order valence-corrected chi connectivity index (χ4v) is 1.39. The number of hydrogen-bond acceptors (Lipinski definition) is 1. The maximum Gasteiger partial charge on any atom is -0.00365 e.